The van der Waals surface area contributed by atoms with Crippen LogP contribution in [0.5, 0.6) is 11.5 Å². The zero-order chi connectivity index (χ0) is 18.5. The zero-order valence-electron chi connectivity index (χ0n) is 15.5. The van der Waals surface area contributed by atoms with Gasteiger partial charge in [-0.2, -0.15) is 0 Å². The maximum atomic E-state index is 5.56. The fourth-order valence-corrected chi connectivity index (χ4v) is 4.83. The van der Waals surface area contributed by atoms with Gasteiger partial charge in [0.15, 0.2) is 11.5 Å². The molecule has 3 heterocycles. The standard InChI is InChI=1S/C22H21BrN2O2/c1-26-21-9-13-5-6-25-12-15-7-14-8-16(23)3-4-18(14)24-19(15)11-20(25)17(13)10-22(21)27-2/h3-4,7-10,20H,5-6,11-12H2,1-2H3/t20-/m0/s1. The minimum Gasteiger partial charge on any atom is -0.493 e. The minimum absolute atomic E-state index is 0.349. The van der Waals surface area contributed by atoms with Gasteiger partial charge in [-0.25, -0.2) is 0 Å². The van der Waals surface area contributed by atoms with Crippen LogP contribution in [0, 0.1) is 0 Å². The monoisotopic (exact) mass is 424 g/mol. The van der Waals surface area contributed by atoms with Gasteiger partial charge in [0.05, 0.1) is 19.7 Å². The lowest BCUT2D eigenvalue weighted by Gasteiger charge is -2.41. The van der Waals surface area contributed by atoms with Gasteiger partial charge < -0.3 is 9.47 Å². The molecule has 138 valence electrons. The Morgan fingerprint density at radius 3 is 2.67 bits per heavy atom. The van der Waals surface area contributed by atoms with Crippen LogP contribution in [0.4, 0.5) is 0 Å². The van der Waals surface area contributed by atoms with E-state index in [2.05, 4.69) is 57.2 Å². The third-order valence-electron chi connectivity index (χ3n) is 5.82. The average Bonchev–Trinajstić information content (AvgIpc) is 2.69. The Kier molecular flexibility index (Phi) is 4.10. The maximum absolute atomic E-state index is 5.56. The van der Waals surface area contributed by atoms with Crippen molar-refractivity contribution in [3.63, 3.8) is 0 Å². The fraction of sp³-hybridized carbons (Fsp3) is 0.318. The van der Waals surface area contributed by atoms with Crippen LogP contribution in [0.3, 0.4) is 0 Å². The number of nitrogens with zero attached hydrogens (tertiary/aromatic N) is 2. The predicted molar refractivity (Wildman–Crippen MR) is 110 cm³/mol. The first kappa shape index (κ1) is 17.0. The van der Waals surface area contributed by atoms with Crippen LogP contribution in [-0.4, -0.2) is 30.6 Å². The molecule has 3 aromatic rings. The predicted octanol–water partition coefficient (Wildman–Crippen LogP) is 4.67. The first-order valence-electron chi connectivity index (χ1n) is 9.23. The Bertz CT molecular complexity index is 1050. The molecule has 0 bridgehead atoms. The average molecular weight is 425 g/mol. The molecule has 0 amide bonds. The summed E-state index contributed by atoms with van der Waals surface area (Å²) in [6.07, 6.45) is 1.97. The lowest BCUT2D eigenvalue weighted by Crippen LogP contribution is -2.39. The van der Waals surface area contributed by atoms with Crippen molar-refractivity contribution in [2.75, 3.05) is 20.8 Å². The van der Waals surface area contributed by atoms with Crippen LogP contribution < -0.4 is 9.47 Å². The van der Waals surface area contributed by atoms with Crippen molar-refractivity contribution in [1.82, 2.24) is 9.88 Å². The highest BCUT2D eigenvalue weighted by atomic mass is 79.9. The smallest absolute Gasteiger partial charge is 0.161 e. The topological polar surface area (TPSA) is 34.6 Å². The van der Waals surface area contributed by atoms with E-state index in [1.165, 1.54) is 27.8 Å². The summed E-state index contributed by atoms with van der Waals surface area (Å²) in [5.41, 5.74) is 6.34. The number of methoxy groups -OCH3 is 2. The molecule has 0 saturated carbocycles. The fourth-order valence-electron chi connectivity index (χ4n) is 4.46. The van der Waals surface area contributed by atoms with Crippen LogP contribution in [0.2, 0.25) is 0 Å². The highest BCUT2D eigenvalue weighted by Gasteiger charge is 2.33. The van der Waals surface area contributed by atoms with E-state index in [-0.39, 0.29) is 0 Å². The number of fused-ring (bicyclic) bond motifs is 5. The number of benzene rings is 2. The summed E-state index contributed by atoms with van der Waals surface area (Å²) in [4.78, 5) is 7.57. The Labute approximate surface area is 167 Å². The Morgan fingerprint density at radius 1 is 1.04 bits per heavy atom. The third-order valence-corrected chi connectivity index (χ3v) is 6.31. The van der Waals surface area contributed by atoms with Crippen LogP contribution in [0.1, 0.15) is 28.4 Å². The number of ether oxygens (including phenoxy) is 2. The van der Waals surface area contributed by atoms with Crippen molar-refractivity contribution in [3.05, 3.63) is 63.3 Å². The maximum Gasteiger partial charge on any atom is 0.161 e. The normalized spacial score (nSPS) is 18.6. The van der Waals surface area contributed by atoms with Crippen molar-refractivity contribution in [2.45, 2.75) is 25.4 Å². The van der Waals surface area contributed by atoms with E-state index in [1.54, 1.807) is 14.2 Å². The summed E-state index contributed by atoms with van der Waals surface area (Å²) in [5, 5.41) is 1.20. The summed E-state index contributed by atoms with van der Waals surface area (Å²) < 4.78 is 12.2. The lowest BCUT2D eigenvalue weighted by molar-refractivity contribution is 0.158. The van der Waals surface area contributed by atoms with Gasteiger partial charge in [0, 0.05) is 41.1 Å². The molecule has 27 heavy (non-hydrogen) atoms. The molecule has 4 nitrogen and oxygen atoms in total. The molecule has 0 unspecified atom stereocenters. The number of hydrogen-bond acceptors (Lipinski definition) is 4. The molecule has 1 atom stereocenters. The van der Waals surface area contributed by atoms with Crippen molar-refractivity contribution < 1.29 is 9.47 Å². The minimum atomic E-state index is 0.349. The van der Waals surface area contributed by atoms with Crippen LogP contribution in [-0.2, 0) is 19.4 Å². The number of rotatable bonds is 2. The quantitative estimate of drug-likeness (QED) is 0.598. The van der Waals surface area contributed by atoms with Gasteiger partial charge in [-0.3, -0.25) is 9.88 Å². The largest absolute Gasteiger partial charge is 0.493 e. The Hall–Kier alpha value is -2.11. The van der Waals surface area contributed by atoms with E-state index in [0.717, 1.165) is 47.4 Å². The summed E-state index contributed by atoms with van der Waals surface area (Å²) in [7, 11) is 3.40. The SMILES string of the molecule is COc1cc2c(cc1OC)[C@@H]1Cc3nc4ccc(Br)cc4cc3CN1CC2. The number of aromatic nitrogens is 1. The summed E-state index contributed by atoms with van der Waals surface area (Å²) >= 11 is 3.57. The molecule has 5 heteroatoms. The van der Waals surface area contributed by atoms with Crippen molar-refractivity contribution >= 4 is 26.8 Å². The molecule has 0 saturated heterocycles. The van der Waals surface area contributed by atoms with E-state index >= 15 is 0 Å². The zero-order valence-corrected chi connectivity index (χ0v) is 17.0. The van der Waals surface area contributed by atoms with Gasteiger partial charge in [0.1, 0.15) is 0 Å². The first-order chi connectivity index (χ1) is 13.2. The Morgan fingerprint density at radius 2 is 1.85 bits per heavy atom. The second kappa shape index (κ2) is 6.50. The molecule has 0 N–H and O–H groups in total. The molecule has 1 aromatic heterocycles. The third kappa shape index (κ3) is 2.80. The van der Waals surface area contributed by atoms with Gasteiger partial charge in [-0.1, -0.05) is 15.9 Å². The molecule has 0 aliphatic carbocycles. The van der Waals surface area contributed by atoms with Gasteiger partial charge in [-0.05, 0) is 59.5 Å². The molecule has 0 fully saturated rings. The molecule has 2 aromatic carbocycles. The summed E-state index contributed by atoms with van der Waals surface area (Å²) in [5.74, 6) is 1.62. The van der Waals surface area contributed by atoms with Gasteiger partial charge in [-0.15, -0.1) is 0 Å². The second-order valence-electron chi connectivity index (χ2n) is 7.28. The molecular formula is C22H21BrN2O2. The van der Waals surface area contributed by atoms with Gasteiger partial charge >= 0.3 is 0 Å². The van der Waals surface area contributed by atoms with E-state index < -0.39 is 0 Å². The number of halogens is 1. The Balaban J connectivity index is 1.59. The van der Waals surface area contributed by atoms with Crippen molar-refractivity contribution in [1.29, 1.82) is 0 Å². The number of hydrogen-bond donors (Lipinski definition) is 0. The molecular weight excluding hydrogens is 404 g/mol. The van der Waals surface area contributed by atoms with E-state index in [9.17, 15) is 0 Å². The van der Waals surface area contributed by atoms with E-state index in [4.69, 9.17) is 14.5 Å². The van der Waals surface area contributed by atoms with Crippen molar-refractivity contribution in [3.8, 4) is 11.5 Å². The summed E-state index contributed by atoms with van der Waals surface area (Å²) in [6.45, 7) is 2.01. The van der Waals surface area contributed by atoms with Crippen LogP contribution in [0.25, 0.3) is 10.9 Å². The van der Waals surface area contributed by atoms with Crippen molar-refractivity contribution in [2.24, 2.45) is 0 Å². The van der Waals surface area contributed by atoms with Gasteiger partial charge in [0.2, 0.25) is 0 Å². The lowest BCUT2D eigenvalue weighted by atomic mass is 9.85. The summed E-state index contributed by atoms with van der Waals surface area (Å²) in [6, 6.07) is 13.3. The van der Waals surface area contributed by atoms with Gasteiger partial charge in [0.25, 0.3) is 0 Å². The molecule has 0 spiro atoms. The van der Waals surface area contributed by atoms with Crippen LogP contribution >= 0.6 is 15.9 Å². The van der Waals surface area contributed by atoms with Crippen LogP contribution in [0.15, 0.2) is 40.9 Å². The second-order valence-corrected chi connectivity index (χ2v) is 8.19. The molecule has 2 aliphatic rings. The first-order valence-corrected chi connectivity index (χ1v) is 10.0. The molecule has 5 rings (SSSR count). The highest BCUT2D eigenvalue weighted by Crippen LogP contribution is 2.42. The van der Waals surface area contributed by atoms with E-state index in [0.29, 0.717) is 6.04 Å². The van der Waals surface area contributed by atoms with E-state index in [1.807, 2.05) is 0 Å². The highest BCUT2D eigenvalue weighted by molar-refractivity contribution is 9.10. The molecule has 0 radical (unpaired) electrons. The number of pyridine rings is 1. The molecule has 2 aliphatic heterocycles.